The third-order valence-electron chi connectivity index (χ3n) is 7.63. The van der Waals surface area contributed by atoms with Crippen LogP contribution in [0.15, 0.2) is 100 Å². The summed E-state index contributed by atoms with van der Waals surface area (Å²) < 4.78 is 29.2. The monoisotopic (exact) mass is 661 g/mol. The van der Waals surface area contributed by atoms with Crippen LogP contribution in [-0.2, 0) is 32.6 Å². The quantitative estimate of drug-likeness (QED) is 0.193. The fraction of sp³-hybridized carbons (Fsp3) is 0.294. The number of anilines is 1. The molecule has 1 aliphatic heterocycles. The van der Waals surface area contributed by atoms with Crippen molar-refractivity contribution >= 4 is 54.2 Å². The Hall–Kier alpha value is -3.69. The summed E-state index contributed by atoms with van der Waals surface area (Å²) in [7, 11) is -3.72. The molecule has 0 saturated heterocycles. The molecule has 0 fully saturated rings. The summed E-state index contributed by atoms with van der Waals surface area (Å²) in [5.41, 5.74) is 2.48. The third-order valence-corrected chi connectivity index (χ3v) is 9.98. The molecule has 4 aromatic rings. The van der Waals surface area contributed by atoms with E-state index in [1.54, 1.807) is 17.0 Å². The molecular formula is C34H36BrN3O4S. The van der Waals surface area contributed by atoms with Crippen molar-refractivity contribution in [2.75, 3.05) is 17.4 Å². The van der Waals surface area contributed by atoms with Gasteiger partial charge in [0.1, 0.15) is 6.04 Å². The molecule has 1 N–H and O–H groups in total. The first-order chi connectivity index (χ1) is 20.6. The molecule has 5 rings (SSSR count). The molecule has 7 nitrogen and oxygen atoms in total. The molecule has 0 radical (unpaired) electrons. The minimum absolute atomic E-state index is 0.0924. The van der Waals surface area contributed by atoms with Crippen molar-refractivity contribution in [1.29, 1.82) is 0 Å². The van der Waals surface area contributed by atoms with Gasteiger partial charge in [-0.15, -0.1) is 0 Å². The Morgan fingerprint density at radius 1 is 0.907 bits per heavy atom. The molecule has 0 spiro atoms. The van der Waals surface area contributed by atoms with E-state index in [0.29, 0.717) is 30.0 Å². The Bertz CT molecular complexity index is 1720. The van der Waals surface area contributed by atoms with Crippen LogP contribution in [0.5, 0.6) is 0 Å². The highest BCUT2D eigenvalue weighted by atomic mass is 79.9. The largest absolute Gasteiger partial charge is 0.354 e. The normalized spacial score (nSPS) is 14.2. The Morgan fingerprint density at radius 3 is 2.33 bits per heavy atom. The van der Waals surface area contributed by atoms with Crippen LogP contribution < -0.4 is 9.62 Å². The highest BCUT2D eigenvalue weighted by molar-refractivity contribution is 9.10. The number of halogens is 1. The fourth-order valence-electron chi connectivity index (χ4n) is 5.52. The Balaban J connectivity index is 1.39. The second-order valence-electron chi connectivity index (χ2n) is 11.3. The average molecular weight is 663 g/mol. The van der Waals surface area contributed by atoms with Gasteiger partial charge in [0.05, 0.1) is 10.6 Å². The predicted octanol–water partition coefficient (Wildman–Crippen LogP) is 6.30. The summed E-state index contributed by atoms with van der Waals surface area (Å²) in [5.74, 6) is -0.149. The van der Waals surface area contributed by atoms with Gasteiger partial charge >= 0.3 is 0 Å². The molecule has 1 heterocycles. The van der Waals surface area contributed by atoms with E-state index in [-0.39, 0.29) is 37.2 Å². The smallest absolute Gasteiger partial charge is 0.265 e. The lowest BCUT2D eigenvalue weighted by atomic mass is 10.0. The summed E-state index contributed by atoms with van der Waals surface area (Å²) in [6.07, 6.45) is 0.764. The van der Waals surface area contributed by atoms with Crippen LogP contribution in [0, 0.1) is 5.92 Å². The first-order valence-corrected chi connectivity index (χ1v) is 16.8. The van der Waals surface area contributed by atoms with Crippen molar-refractivity contribution < 1.29 is 18.0 Å². The molecule has 0 unspecified atom stereocenters. The van der Waals surface area contributed by atoms with Crippen LogP contribution in [0.25, 0.3) is 10.8 Å². The van der Waals surface area contributed by atoms with Crippen LogP contribution >= 0.6 is 15.9 Å². The van der Waals surface area contributed by atoms with Crippen molar-refractivity contribution in [3.05, 3.63) is 107 Å². The zero-order valence-corrected chi connectivity index (χ0v) is 26.8. The van der Waals surface area contributed by atoms with Gasteiger partial charge in [-0.2, -0.15) is 0 Å². The summed E-state index contributed by atoms with van der Waals surface area (Å²) in [6.45, 7) is 4.97. The highest BCUT2D eigenvalue weighted by Crippen LogP contribution is 2.42. The van der Waals surface area contributed by atoms with E-state index in [0.717, 1.165) is 26.4 Å². The van der Waals surface area contributed by atoms with Crippen LogP contribution in [-0.4, -0.2) is 44.3 Å². The molecule has 1 atom stereocenters. The van der Waals surface area contributed by atoms with E-state index in [1.165, 1.54) is 4.31 Å². The second kappa shape index (κ2) is 13.3. The van der Waals surface area contributed by atoms with Gasteiger partial charge in [0.25, 0.3) is 10.0 Å². The average Bonchev–Trinajstić information content (AvgIpc) is 3.21. The van der Waals surface area contributed by atoms with Crippen molar-refractivity contribution in [1.82, 2.24) is 10.2 Å². The van der Waals surface area contributed by atoms with Crippen molar-refractivity contribution in [3.8, 4) is 0 Å². The number of rotatable bonds is 12. The zero-order valence-electron chi connectivity index (χ0n) is 24.4. The Labute approximate surface area is 262 Å². The van der Waals surface area contributed by atoms with E-state index < -0.39 is 16.1 Å². The Kier molecular flexibility index (Phi) is 9.52. The van der Waals surface area contributed by atoms with Gasteiger partial charge < -0.3 is 10.2 Å². The van der Waals surface area contributed by atoms with Gasteiger partial charge in [0.15, 0.2) is 0 Å². The van der Waals surface area contributed by atoms with Gasteiger partial charge in [-0.25, -0.2) is 8.42 Å². The van der Waals surface area contributed by atoms with E-state index in [9.17, 15) is 18.0 Å². The summed E-state index contributed by atoms with van der Waals surface area (Å²) in [5, 5.41) is 4.63. The molecule has 0 aromatic heterocycles. The molecule has 43 heavy (non-hydrogen) atoms. The minimum atomic E-state index is -3.72. The highest BCUT2D eigenvalue weighted by Gasteiger charge is 2.36. The molecule has 4 aromatic carbocycles. The third kappa shape index (κ3) is 6.94. The van der Waals surface area contributed by atoms with Crippen LogP contribution in [0.4, 0.5) is 5.69 Å². The van der Waals surface area contributed by atoms with Crippen LogP contribution in [0.2, 0.25) is 0 Å². The maximum atomic E-state index is 14.0. The molecule has 0 saturated carbocycles. The molecule has 224 valence electrons. The topological polar surface area (TPSA) is 86.8 Å². The maximum absolute atomic E-state index is 14.0. The zero-order chi connectivity index (χ0) is 30.6. The Morgan fingerprint density at radius 2 is 1.60 bits per heavy atom. The number of hydrogen-bond acceptors (Lipinski definition) is 4. The van der Waals surface area contributed by atoms with E-state index in [2.05, 4.69) is 21.2 Å². The second-order valence-corrected chi connectivity index (χ2v) is 14.1. The summed E-state index contributed by atoms with van der Waals surface area (Å²) in [6, 6.07) is 27.5. The lowest BCUT2D eigenvalue weighted by molar-refractivity contribution is -0.141. The van der Waals surface area contributed by atoms with E-state index >= 15 is 0 Å². The molecule has 1 aliphatic rings. The number of benzene rings is 4. The first kappa shape index (κ1) is 30.8. The lowest BCUT2D eigenvalue weighted by Crippen LogP contribution is -2.51. The van der Waals surface area contributed by atoms with E-state index in [4.69, 9.17) is 0 Å². The van der Waals surface area contributed by atoms with Gasteiger partial charge in [-0.3, -0.25) is 13.9 Å². The number of carbonyl (C=O) groups excluding carboxylic acids is 2. The minimum Gasteiger partial charge on any atom is -0.354 e. The first-order valence-electron chi connectivity index (χ1n) is 14.5. The van der Waals surface area contributed by atoms with Crippen molar-refractivity contribution in [3.63, 3.8) is 0 Å². The van der Waals surface area contributed by atoms with Crippen molar-refractivity contribution in [2.45, 2.75) is 50.6 Å². The SMILES string of the molecule is CC(C)CNC(=O)[C@H](Cc1ccccc1)N(Cc1cccc(Br)c1)C(=O)CCCN1c2cccc3cccc(c23)S1(=O)=O. The number of sulfonamides is 1. The fourth-order valence-corrected chi connectivity index (χ4v) is 7.72. The van der Waals surface area contributed by atoms with Crippen LogP contribution in [0.1, 0.15) is 37.8 Å². The molecule has 2 amide bonds. The number of hydrogen-bond donors (Lipinski definition) is 1. The summed E-state index contributed by atoms with van der Waals surface area (Å²) >= 11 is 3.52. The van der Waals surface area contributed by atoms with Crippen LogP contribution in [0.3, 0.4) is 0 Å². The van der Waals surface area contributed by atoms with Crippen molar-refractivity contribution in [2.24, 2.45) is 5.92 Å². The predicted molar refractivity (Wildman–Crippen MR) is 174 cm³/mol. The van der Waals surface area contributed by atoms with Gasteiger partial charge in [0.2, 0.25) is 11.8 Å². The number of nitrogens with one attached hydrogen (secondary N) is 1. The number of nitrogens with zero attached hydrogens (tertiary/aromatic N) is 2. The summed E-state index contributed by atoms with van der Waals surface area (Å²) in [4.78, 5) is 29.6. The maximum Gasteiger partial charge on any atom is 0.265 e. The standard InChI is InChI=1S/C34H36BrN3O4S/c1-24(2)22-36-34(40)30(21-25-10-4-3-5-11-25)37(23-26-12-6-15-28(35)20-26)32(39)18-9-19-38-29-16-7-13-27-14-8-17-31(33(27)29)43(38,41)42/h3-8,10-17,20,24,30H,9,18-19,21-23H2,1-2H3,(H,36,40)/t30-/m0/s1. The lowest BCUT2D eigenvalue weighted by Gasteiger charge is -2.32. The molecule has 0 bridgehead atoms. The number of amides is 2. The van der Waals surface area contributed by atoms with E-state index in [1.807, 2.05) is 92.7 Å². The molecule has 9 heteroatoms. The number of carbonyl (C=O) groups is 2. The van der Waals surface area contributed by atoms with Gasteiger partial charge in [0, 0.05) is 42.3 Å². The van der Waals surface area contributed by atoms with Gasteiger partial charge in [-0.05, 0) is 53.1 Å². The molecular weight excluding hydrogens is 626 g/mol. The molecule has 0 aliphatic carbocycles. The van der Waals surface area contributed by atoms with Gasteiger partial charge in [-0.1, -0.05) is 96.5 Å².